The summed E-state index contributed by atoms with van der Waals surface area (Å²) in [6.45, 7) is 3.17. The average molecular weight is 356 g/mol. The van der Waals surface area contributed by atoms with Gasteiger partial charge in [0.05, 0.1) is 6.61 Å². The third-order valence-corrected chi connectivity index (χ3v) is 4.19. The number of carbonyl (C=O) groups is 1. The first-order chi connectivity index (χ1) is 12.7. The SMILES string of the molecule is CCCCCCCCOc1ccc(C(=O)O)c(OCc2ccccc2)c1. The highest BCUT2D eigenvalue weighted by molar-refractivity contribution is 5.91. The zero-order valence-electron chi connectivity index (χ0n) is 15.4. The summed E-state index contributed by atoms with van der Waals surface area (Å²) < 4.78 is 11.5. The molecule has 0 unspecified atom stereocenters. The summed E-state index contributed by atoms with van der Waals surface area (Å²) in [7, 11) is 0. The maximum Gasteiger partial charge on any atom is 0.339 e. The highest BCUT2D eigenvalue weighted by atomic mass is 16.5. The highest BCUT2D eigenvalue weighted by Gasteiger charge is 2.13. The predicted octanol–water partition coefficient (Wildman–Crippen LogP) is 5.70. The molecule has 0 amide bonds. The van der Waals surface area contributed by atoms with Crippen molar-refractivity contribution in [3.8, 4) is 11.5 Å². The third kappa shape index (κ3) is 6.79. The molecule has 26 heavy (non-hydrogen) atoms. The molecule has 0 heterocycles. The van der Waals surface area contributed by atoms with E-state index >= 15 is 0 Å². The second-order valence-electron chi connectivity index (χ2n) is 6.35. The van der Waals surface area contributed by atoms with Gasteiger partial charge in [0.2, 0.25) is 0 Å². The first-order valence-electron chi connectivity index (χ1n) is 9.37. The van der Waals surface area contributed by atoms with Crippen molar-refractivity contribution >= 4 is 5.97 Å². The molecule has 0 aliphatic carbocycles. The van der Waals surface area contributed by atoms with E-state index in [1.54, 1.807) is 18.2 Å². The summed E-state index contributed by atoms with van der Waals surface area (Å²) in [5.41, 5.74) is 1.13. The number of hydrogen-bond donors (Lipinski definition) is 1. The van der Waals surface area contributed by atoms with Crippen molar-refractivity contribution in [2.75, 3.05) is 6.61 Å². The van der Waals surface area contributed by atoms with E-state index in [1.807, 2.05) is 30.3 Å². The van der Waals surface area contributed by atoms with E-state index in [9.17, 15) is 9.90 Å². The fourth-order valence-electron chi connectivity index (χ4n) is 2.70. The van der Waals surface area contributed by atoms with Crippen LogP contribution in [0.2, 0.25) is 0 Å². The summed E-state index contributed by atoms with van der Waals surface area (Å²) >= 11 is 0. The zero-order chi connectivity index (χ0) is 18.6. The topological polar surface area (TPSA) is 55.8 Å². The van der Waals surface area contributed by atoms with E-state index in [4.69, 9.17) is 9.47 Å². The molecule has 0 bridgehead atoms. The number of ether oxygens (including phenoxy) is 2. The molecule has 0 aliphatic heterocycles. The Balaban J connectivity index is 1.89. The van der Waals surface area contributed by atoms with Crippen LogP contribution in [-0.2, 0) is 6.61 Å². The summed E-state index contributed by atoms with van der Waals surface area (Å²) in [5, 5.41) is 9.35. The van der Waals surface area contributed by atoms with Crippen LogP contribution in [0.15, 0.2) is 48.5 Å². The molecule has 0 aromatic heterocycles. The van der Waals surface area contributed by atoms with E-state index in [1.165, 1.54) is 25.7 Å². The zero-order valence-corrected chi connectivity index (χ0v) is 15.4. The molecule has 2 rings (SSSR count). The van der Waals surface area contributed by atoms with E-state index < -0.39 is 5.97 Å². The molecule has 0 spiro atoms. The van der Waals surface area contributed by atoms with E-state index in [0.717, 1.165) is 18.4 Å². The molecule has 0 aliphatic rings. The standard InChI is InChI=1S/C22H28O4/c1-2-3-4-5-6-10-15-25-19-13-14-20(22(23)24)21(16-19)26-17-18-11-8-7-9-12-18/h7-9,11-14,16H,2-6,10,15,17H2,1H3,(H,23,24). The fourth-order valence-corrected chi connectivity index (χ4v) is 2.70. The fraction of sp³-hybridized carbons (Fsp3) is 0.409. The van der Waals surface area contributed by atoms with Gasteiger partial charge < -0.3 is 14.6 Å². The molecule has 4 heteroatoms. The lowest BCUT2D eigenvalue weighted by atomic mass is 10.1. The van der Waals surface area contributed by atoms with Crippen molar-refractivity contribution in [3.63, 3.8) is 0 Å². The summed E-state index contributed by atoms with van der Waals surface area (Å²) in [5.74, 6) is -0.0241. The Bertz CT molecular complexity index is 667. The number of aromatic carboxylic acids is 1. The first-order valence-corrected chi connectivity index (χ1v) is 9.37. The van der Waals surface area contributed by atoms with Crippen LogP contribution in [0.1, 0.15) is 61.4 Å². The number of rotatable bonds is 12. The molecule has 140 valence electrons. The normalized spacial score (nSPS) is 10.5. The highest BCUT2D eigenvalue weighted by Crippen LogP contribution is 2.26. The van der Waals surface area contributed by atoms with Gasteiger partial charge >= 0.3 is 5.97 Å². The van der Waals surface area contributed by atoms with Gasteiger partial charge in [0.25, 0.3) is 0 Å². The number of hydrogen-bond acceptors (Lipinski definition) is 3. The predicted molar refractivity (Wildman–Crippen MR) is 103 cm³/mol. The van der Waals surface area contributed by atoms with Gasteiger partial charge in [-0.2, -0.15) is 0 Å². The molecule has 0 saturated heterocycles. The van der Waals surface area contributed by atoms with Gasteiger partial charge in [-0.25, -0.2) is 4.79 Å². The average Bonchev–Trinajstić information content (AvgIpc) is 2.66. The molecular formula is C22H28O4. The minimum Gasteiger partial charge on any atom is -0.493 e. The van der Waals surface area contributed by atoms with Gasteiger partial charge in [-0.3, -0.25) is 0 Å². The molecule has 2 aromatic rings. The molecule has 4 nitrogen and oxygen atoms in total. The van der Waals surface area contributed by atoms with Crippen molar-refractivity contribution in [1.29, 1.82) is 0 Å². The smallest absolute Gasteiger partial charge is 0.339 e. The number of unbranched alkanes of at least 4 members (excludes halogenated alkanes) is 5. The minimum atomic E-state index is -1.00. The molecule has 2 aromatic carbocycles. The van der Waals surface area contributed by atoms with Crippen molar-refractivity contribution in [3.05, 3.63) is 59.7 Å². The Hall–Kier alpha value is -2.49. The van der Waals surface area contributed by atoms with Gasteiger partial charge in [-0.15, -0.1) is 0 Å². The Kier molecular flexibility index (Phi) is 8.53. The van der Waals surface area contributed by atoms with Crippen molar-refractivity contribution < 1.29 is 19.4 Å². The van der Waals surface area contributed by atoms with Gasteiger partial charge in [-0.1, -0.05) is 69.4 Å². The lowest BCUT2D eigenvalue weighted by Crippen LogP contribution is -2.05. The Labute approximate surface area is 155 Å². The van der Waals surface area contributed by atoms with E-state index in [-0.39, 0.29) is 5.56 Å². The van der Waals surface area contributed by atoms with Gasteiger partial charge in [0, 0.05) is 6.07 Å². The van der Waals surface area contributed by atoms with Crippen LogP contribution in [0.3, 0.4) is 0 Å². The summed E-state index contributed by atoms with van der Waals surface area (Å²) in [6, 6.07) is 14.6. The van der Waals surface area contributed by atoms with Gasteiger partial charge in [0.15, 0.2) is 0 Å². The second-order valence-corrected chi connectivity index (χ2v) is 6.35. The molecular weight excluding hydrogens is 328 g/mol. The molecule has 1 N–H and O–H groups in total. The van der Waals surface area contributed by atoms with Gasteiger partial charge in [0.1, 0.15) is 23.7 Å². The van der Waals surface area contributed by atoms with Crippen LogP contribution in [0.25, 0.3) is 0 Å². The van der Waals surface area contributed by atoms with E-state index in [0.29, 0.717) is 24.7 Å². The van der Waals surface area contributed by atoms with Crippen LogP contribution in [0.4, 0.5) is 0 Å². The van der Waals surface area contributed by atoms with Crippen molar-refractivity contribution in [2.45, 2.75) is 52.1 Å². The molecule has 0 fully saturated rings. The Morgan fingerprint density at radius 2 is 1.65 bits per heavy atom. The maximum absolute atomic E-state index is 11.4. The van der Waals surface area contributed by atoms with Crippen LogP contribution in [0.5, 0.6) is 11.5 Å². The molecule has 0 atom stereocenters. The lowest BCUT2D eigenvalue weighted by Gasteiger charge is -2.12. The summed E-state index contributed by atoms with van der Waals surface area (Å²) in [6.07, 6.45) is 7.22. The van der Waals surface area contributed by atoms with Crippen molar-refractivity contribution in [1.82, 2.24) is 0 Å². The Morgan fingerprint density at radius 3 is 2.38 bits per heavy atom. The second kappa shape index (κ2) is 11.2. The van der Waals surface area contributed by atoms with Gasteiger partial charge in [-0.05, 0) is 24.1 Å². The van der Waals surface area contributed by atoms with Crippen LogP contribution >= 0.6 is 0 Å². The maximum atomic E-state index is 11.4. The summed E-state index contributed by atoms with van der Waals surface area (Å²) in [4.78, 5) is 11.4. The largest absolute Gasteiger partial charge is 0.493 e. The van der Waals surface area contributed by atoms with Crippen LogP contribution in [0, 0.1) is 0 Å². The lowest BCUT2D eigenvalue weighted by molar-refractivity contribution is 0.0691. The van der Waals surface area contributed by atoms with Crippen LogP contribution in [-0.4, -0.2) is 17.7 Å². The quantitative estimate of drug-likeness (QED) is 0.495. The molecule has 0 radical (unpaired) electrons. The van der Waals surface area contributed by atoms with Crippen LogP contribution < -0.4 is 9.47 Å². The third-order valence-electron chi connectivity index (χ3n) is 4.19. The number of carboxylic acid groups (broad SMARTS) is 1. The minimum absolute atomic E-state index is 0.146. The first kappa shape index (κ1) is 19.8. The monoisotopic (exact) mass is 356 g/mol. The number of benzene rings is 2. The number of carboxylic acids is 1. The Morgan fingerprint density at radius 1 is 0.923 bits per heavy atom. The van der Waals surface area contributed by atoms with Crippen molar-refractivity contribution in [2.24, 2.45) is 0 Å². The van der Waals surface area contributed by atoms with E-state index in [2.05, 4.69) is 6.92 Å². The molecule has 0 saturated carbocycles.